The maximum absolute atomic E-state index is 11.5. The number of hydrogen-bond acceptors (Lipinski definition) is 4. The van der Waals surface area contributed by atoms with E-state index in [4.69, 9.17) is 10.5 Å². The molecular weight excluding hydrogens is 290 g/mol. The van der Waals surface area contributed by atoms with Crippen LogP contribution in [0.2, 0.25) is 0 Å². The monoisotopic (exact) mass is 311 g/mol. The van der Waals surface area contributed by atoms with Gasteiger partial charge in [-0.2, -0.15) is 0 Å². The van der Waals surface area contributed by atoms with Crippen LogP contribution in [0.5, 0.6) is 11.6 Å². The lowest BCUT2D eigenvalue weighted by Crippen LogP contribution is -2.18. The molecule has 23 heavy (non-hydrogen) atoms. The van der Waals surface area contributed by atoms with Gasteiger partial charge in [-0.25, -0.2) is 4.98 Å². The minimum absolute atomic E-state index is 0.248. The summed E-state index contributed by atoms with van der Waals surface area (Å²) in [6, 6.07) is 9.39. The fraction of sp³-hybridized carbons (Fsp3) is 0.333. The van der Waals surface area contributed by atoms with Crippen LogP contribution < -0.4 is 10.5 Å². The topological polar surface area (TPSA) is 68.4 Å². The molecule has 5 heteroatoms. The summed E-state index contributed by atoms with van der Waals surface area (Å²) in [6.07, 6.45) is 4.12. The van der Waals surface area contributed by atoms with Crippen molar-refractivity contribution in [3.05, 3.63) is 53.2 Å². The maximum atomic E-state index is 11.5. The third-order valence-electron chi connectivity index (χ3n) is 3.97. The van der Waals surface area contributed by atoms with E-state index in [0.29, 0.717) is 5.75 Å². The Morgan fingerprint density at radius 1 is 1.30 bits per heavy atom. The molecule has 120 valence electrons. The van der Waals surface area contributed by atoms with Crippen LogP contribution in [0.4, 0.5) is 0 Å². The van der Waals surface area contributed by atoms with Crippen LogP contribution in [0.25, 0.3) is 0 Å². The predicted octanol–water partition coefficient (Wildman–Crippen LogP) is 2.88. The third-order valence-corrected chi connectivity index (χ3v) is 3.97. The standard InChI is InChI=1S/C18H21N3O2/c1-13-9-14(12-21-7-2-3-8-21)11-15(10-13)23-18-16(17(19)22)5-4-6-20-18/h4-6,9-11H,2-3,7-8,12H2,1H3,(H2,19,22). The van der Waals surface area contributed by atoms with Crippen LogP contribution in [0.1, 0.15) is 34.3 Å². The molecule has 0 spiro atoms. The van der Waals surface area contributed by atoms with E-state index in [1.807, 2.05) is 19.1 Å². The molecule has 1 aromatic carbocycles. The highest BCUT2D eigenvalue weighted by molar-refractivity contribution is 5.95. The first-order chi connectivity index (χ1) is 11.1. The highest BCUT2D eigenvalue weighted by Crippen LogP contribution is 2.26. The van der Waals surface area contributed by atoms with Gasteiger partial charge in [0.25, 0.3) is 5.91 Å². The highest BCUT2D eigenvalue weighted by atomic mass is 16.5. The second-order valence-electron chi connectivity index (χ2n) is 5.96. The molecule has 1 aliphatic heterocycles. The first kappa shape index (κ1) is 15.5. The lowest BCUT2D eigenvalue weighted by atomic mass is 10.1. The molecule has 1 amide bonds. The zero-order valence-corrected chi connectivity index (χ0v) is 13.3. The summed E-state index contributed by atoms with van der Waals surface area (Å²) in [4.78, 5) is 18.0. The number of aromatic nitrogens is 1. The van der Waals surface area contributed by atoms with E-state index >= 15 is 0 Å². The van der Waals surface area contributed by atoms with Gasteiger partial charge in [-0.15, -0.1) is 0 Å². The number of rotatable bonds is 5. The first-order valence-electron chi connectivity index (χ1n) is 7.87. The molecular formula is C18H21N3O2. The number of carbonyl (C=O) groups is 1. The van der Waals surface area contributed by atoms with Crippen LogP contribution in [0.3, 0.4) is 0 Å². The number of primary amides is 1. The Labute approximate surface area is 136 Å². The number of amides is 1. The second kappa shape index (κ2) is 6.79. The Hall–Kier alpha value is -2.40. The van der Waals surface area contributed by atoms with Crippen molar-refractivity contribution >= 4 is 5.91 Å². The van der Waals surface area contributed by atoms with Gasteiger partial charge in [-0.1, -0.05) is 6.07 Å². The molecule has 5 nitrogen and oxygen atoms in total. The Morgan fingerprint density at radius 3 is 2.83 bits per heavy atom. The molecule has 1 aromatic heterocycles. The Kier molecular flexibility index (Phi) is 4.57. The minimum Gasteiger partial charge on any atom is -0.438 e. The highest BCUT2D eigenvalue weighted by Gasteiger charge is 2.14. The first-order valence-corrected chi connectivity index (χ1v) is 7.87. The summed E-state index contributed by atoms with van der Waals surface area (Å²) in [5, 5.41) is 0. The summed E-state index contributed by atoms with van der Waals surface area (Å²) in [5.74, 6) is 0.385. The number of hydrogen-bond donors (Lipinski definition) is 1. The average molecular weight is 311 g/mol. The van der Waals surface area contributed by atoms with Gasteiger partial charge in [0.2, 0.25) is 5.88 Å². The SMILES string of the molecule is Cc1cc(CN2CCCC2)cc(Oc2ncccc2C(N)=O)c1. The molecule has 1 fully saturated rings. The van der Waals surface area contributed by atoms with Crippen LogP contribution in [-0.2, 0) is 6.54 Å². The number of pyridine rings is 1. The fourth-order valence-corrected chi connectivity index (χ4v) is 2.95. The van der Waals surface area contributed by atoms with E-state index in [-0.39, 0.29) is 11.4 Å². The maximum Gasteiger partial charge on any atom is 0.254 e. The predicted molar refractivity (Wildman–Crippen MR) is 88.5 cm³/mol. The van der Waals surface area contributed by atoms with Crippen molar-refractivity contribution in [1.82, 2.24) is 9.88 Å². The summed E-state index contributed by atoms with van der Waals surface area (Å²) >= 11 is 0. The second-order valence-corrected chi connectivity index (χ2v) is 5.96. The number of carbonyl (C=O) groups excluding carboxylic acids is 1. The van der Waals surface area contributed by atoms with Crippen molar-refractivity contribution in [2.45, 2.75) is 26.3 Å². The molecule has 0 bridgehead atoms. The molecule has 0 saturated carbocycles. The number of nitrogens with two attached hydrogens (primary N) is 1. The number of aryl methyl sites for hydroxylation is 1. The quantitative estimate of drug-likeness (QED) is 0.922. The van der Waals surface area contributed by atoms with E-state index in [9.17, 15) is 4.79 Å². The van der Waals surface area contributed by atoms with E-state index < -0.39 is 5.91 Å². The molecule has 0 aliphatic carbocycles. The largest absolute Gasteiger partial charge is 0.438 e. The summed E-state index contributed by atoms with van der Waals surface area (Å²) in [6.45, 7) is 5.25. The normalized spacial score (nSPS) is 14.8. The molecule has 2 heterocycles. The fourth-order valence-electron chi connectivity index (χ4n) is 2.95. The van der Waals surface area contributed by atoms with Gasteiger partial charge < -0.3 is 10.5 Å². The van der Waals surface area contributed by atoms with Crippen molar-refractivity contribution in [2.75, 3.05) is 13.1 Å². The lowest BCUT2D eigenvalue weighted by molar-refractivity contribution is 0.0997. The molecule has 0 atom stereocenters. The Balaban J connectivity index is 1.82. The number of benzene rings is 1. The van der Waals surface area contributed by atoms with Crippen molar-refractivity contribution < 1.29 is 9.53 Å². The molecule has 2 N–H and O–H groups in total. The van der Waals surface area contributed by atoms with Gasteiger partial charge in [0, 0.05) is 12.7 Å². The number of nitrogens with zero attached hydrogens (tertiary/aromatic N) is 2. The molecule has 0 unspecified atom stereocenters. The smallest absolute Gasteiger partial charge is 0.254 e. The summed E-state index contributed by atoms with van der Waals surface area (Å²) in [5.41, 5.74) is 7.98. The van der Waals surface area contributed by atoms with Crippen LogP contribution in [-0.4, -0.2) is 28.9 Å². The van der Waals surface area contributed by atoms with Gasteiger partial charge >= 0.3 is 0 Å². The van der Waals surface area contributed by atoms with Crippen molar-refractivity contribution in [3.8, 4) is 11.6 Å². The van der Waals surface area contributed by atoms with E-state index in [1.54, 1.807) is 18.3 Å². The van der Waals surface area contributed by atoms with Crippen molar-refractivity contribution in [2.24, 2.45) is 5.73 Å². The lowest BCUT2D eigenvalue weighted by Gasteiger charge is -2.16. The zero-order valence-electron chi connectivity index (χ0n) is 13.3. The van der Waals surface area contributed by atoms with Gasteiger partial charge in [-0.05, 0) is 68.2 Å². The molecule has 0 radical (unpaired) electrons. The van der Waals surface area contributed by atoms with Crippen LogP contribution >= 0.6 is 0 Å². The van der Waals surface area contributed by atoms with E-state index in [2.05, 4.69) is 16.0 Å². The molecule has 3 rings (SSSR count). The van der Waals surface area contributed by atoms with Gasteiger partial charge in [0.05, 0.1) is 0 Å². The van der Waals surface area contributed by atoms with E-state index in [1.165, 1.54) is 18.4 Å². The van der Waals surface area contributed by atoms with Gasteiger partial charge in [0.15, 0.2) is 0 Å². The minimum atomic E-state index is -0.543. The zero-order chi connectivity index (χ0) is 16.2. The van der Waals surface area contributed by atoms with Crippen molar-refractivity contribution in [1.29, 1.82) is 0 Å². The molecule has 2 aromatic rings. The number of likely N-dealkylation sites (tertiary alicyclic amines) is 1. The van der Waals surface area contributed by atoms with Crippen LogP contribution in [0, 0.1) is 6.92 Å². The summed E-state index contributed by atoms with van der Waals surface area (Å²) < 4.78 is 5.83. The van der Waals surface area contributed by atoms with E-state index in [0.717, 1.165) is 25.2 Å². The Bertz CT molecular complexity index is 709. The van der Waals surface area contributed by atoms with Crippen LogP contribution in [0.15, 0.2) is 36.5 Å². The average Bonchev–Trinajstić information content (AvgIpc) is 3.00. The number of ether oxygens (including phenoxy) is 1. The van der Waals surface area contributed by atoms with Gasteiger partial charge in [-0.3, -0.25) is 9.69 Å². The molecule has 1 aliphatic rings. The summed E-state index contributed by atoms with van der Waals surface area (Å²) in [7, 11) is 0. The van der Waals surface area contributed by atoms with Gasteiger partial charge in [0.1, 0.15) is 11.3 Å². The Morgan fingerprint density at radius 2 is 2.09 bits per heavy atom. The molecule has 1 saturated heterocycles. The van der Waals surface area contributed by atoms with Crippen molar-refractivity contribution in [3.63, 3.8) is 0 Å². The third kappa shape index (κ3) is 3.87.